The highest BCUT2D eigenvalue weighted by Gasteiger charge is 1.92. The van der Waals surface area contributed by atoms with E-state index >= 15 is 0 Å². The molecule has 0 saturated heterocycles. The largest absolute Gasteiger partial charge is 0.291 e. The van der Waals surface area contributed by atoms with Crippen LogP contribution in [0, 0.1) is 0 Å². The molecule has 0 aliphatic carbocycles. The number of nitrogens with one attached hydrogen (secondary N) is 1. The molecule has 0 amide bonds. The van der Waals surface area contributed by atoms with E-state index in [4.69, 9.17) is 5.21 Å². The Kier molecular flexibility index (Phi) is 2.69. The normalized spacial score (nSPS) is 9.18. The molecule has 0 heterocycles. The van der Waals surface area contributed by atoms with Gasteiger partial charge in [-0.15, -0.1) is 0 Å². The fraction of sp³-hybridized carbons (Fsp3) is 0.111. The Hall–Kier alpha value is -1.28. The maximum Gasteiger partial charge on any atom is 0.0348 e. The maximum absolute atomic E-state index is 8.45. The minimum Gasteiger partial charge on any atom is -0.291 e. The highest BCUT2D eigenvalue weighted by molar-refractivity contribution is 5.19. The van der Waals surface area contributed by atoms with Gasteiger partial charge in [0.2, 0.25) is 0 Å². The van der Waals surface area contributed by atoms with E-state index in [1.807, 2.05) is 35.8 Å². The molecule has 0 unspecified atom stereocenters. The standard InChI is InChI=1S/C9H11NO/c1-8(10-11)7-9-5-3-2-4-6-9/h2-6,10-11H,1,7H2. The van der Waals surface area contributed by atoms with Gasteiger partial charge >= 0.3 is 0 Å². The van der Waals surface area contributed by atoms with Crippen molar-refractivity contribution in [3.63, 3.8) is 0 Å². The molecule has 1 aromatic carbocycles. The third-order valence-corrected chi connectivity index (χ3v) is 1.42. The molecule has 0 saturated carbocycles. The van der Waals surface area contributed by atoms with Gasteiger partial charge in [-0.1, -0.05) is 36.9 Å². The number of hydrogen-bond acceptors (Lipinski definition) is 2. The monoisotopic (exact) mass is 149 g/mol. The second-order valence-electron chi connectivity index (χ2n) is 2.38. The lowest BCUT2D eigenvalue weighted by Gasteiger charge is -2.02. The lowest BCUT2D eigenvalue weighted by molar-refractivity contribution is 0.198. The number of benzene rings is 1. The zero-order valence-corrected chi connectivity index (χ0v) is 6.25. The second-order valence-corrected chi connectivity index (χ2v) is 2.38. The van der Waals surface area contributed by atoms with Crippen LogP contribution in [0.15, 0.2) is 42.6 Å². The van der Waals surface area contributed by atoms with Gasteiger partial charge in [-0.05, 0) is 5.56 Å². The summed E-state index contributed by atoms with van der Waals surface area (Å²) in [6, 6.07) is 9.85. The SMILES string of the molecule is C=C(Cc1ccccc1)NO. The number of hydrogen-bond donors (Lipinski definition) is 2. The molecule has 0 radical (unpaired) electrons. The van der Waals surface area contributed by atoms with Crippen molar-refractivity contribution in [1.29, 1.82) is 0 Å². The minimum absolute atomic E-state index is 0.608. The molecule has 0 aliphatic heterocycles. The Bertz CT molecular complexity index is 231. The summed E-state index contributed by atoms with van der Waals surface area (Å²) < 4.78 is 0. The molecule has 1 rings (SSSR count). The molecule has 0 spiro atoms. The molecular weight excluding hydrogens is 138 g/mol. The first kappa shape index (κ1) is 7.82. The first-order valence-electron chi connectivity index (χ1n) is 3.44. The topological polar surface area (TPSA) is 32.3 Å². The molecule has 58 valence electrons. The molecule has 0 bridgehead atoms. The van der Waals surface area contributed by atoms with Crippen LogP contribution in [-0.2, 0) is 6.42 Å². The van der Waals surface area contributed by atoms with E-state index in [0.717, 1.165) is 5.56 Å². The molecule has 2 nitrogen and oxygen atoms in total. The summed E-state index contributed by atoms with van der Waals surface area (Å²) in [6.45, 7) is 3.61. The van der Waals surface area contributed by atoms with Gasteiger partial charge < -0.3 is 0 Å². The second kappa shape index (κ2) is 3.78. The van der Waals surface area contributed by atoms with Crippen LogP contribution < -0.4 is 5.48 Å². The van der Waals surface area contributed by atoms with E-state index in [0.29, 0.717) is 12.1 Å². The summed E-state index contributed by atoms with van der Waals surface area (Å²) >= 11 is 0. The van der Waals surface area contributed by atoms with Gasteiger partial charge in [0.1, 0.15) is 0 Å². The summed E-state index contributed by atoms with van der Waals surface area (Å²) in [7, 11) is 0. The fourth-order valence-corrected chi connectivity index (χ4v) is 0.882. The molecule has 0 aromatic heterocycles. The molecule has 11 heavy (non-hydrogen) atoms. The van der Waals surface area contributed by atoms with Crippen molar-refractivity contribution in [2.24, 2.45) is 0 Å². The van der Waals surface area contributed by atoms with E-state index in [1.165, 1.54) is 0 Å². The molecule has 0 atom stereocenters. The van der Waals surface area contributed by atoms with Crippen LogP contribution >= 0.6 is 0 Å². The maximum atomic E-state index is 8.45. The highest BCUT2D eigenvalue weighted by Crippen LogP contribution is 2.02. The van der Waals surface area contributed by atoms with E-state index < -0.39 is 0 Å². The zero-order chi connectivity index (χ0) is 8.10. The van der Waals surface area contributed by atoms with Crippen molar-refractivity contribution in [2.75, 3.05) is 0 Å². The third-order valence-electron chi connectivity index (χ3n) is 1.42. The Balaban J connectivity index is 2.58. The van der Waals surface area contributed by atoms with Crippen LogP contribution in [0.5, 0.6) is 0 Å². The average molecular weight is 149 g/mol. The minimum atomic E-state index is 0.608. The van der Waals surface area contributed by atoms with E-state index in [-0.39, 0.29) is 0 Å². The Labute approximate surface area is 66.1 Å². The molecule has 1 aromatic rings. The van der Waals surface area contributed by atoms with Crippen molar-refractivity contribution in [2.45, 2.75) is 6.42 Å². The lowest BCUT2D eigenvalue weighted by Crippen LogP contribution is -2.07. The average Bonchev–Trinajstić information content (AvgIpc) is 2.06. The van der Waals surface area contributed by atoms with Crippen molar-refractivity contribution in [3.05, 3.63) is 48.2 Å². The zero-order valence-electron chi connectivity index (χ0n) is 6.25. The van der Waals surface area contributed by atoms with Gasteiger partial charge in [0.15, 0.2) is 0 Å². The molecule has 0 fully saturated rings. The van der Waals surface area contributed by atoms with Crippen molar-refractivity contribution >= 4 is 0 Å². The van der Waals surface area contributed by atoms with Gasteiger partial charge in [-0.2, -0.15) is 0 Å². The van der Waals surface area contributed by atoms with Gasteiger partial charge in [0, 0.05) is 12.1 Å². The van der Waals surface area contributed by atoms with Crippen molar-refractivity contribution in [3.8, 4) is 0 Å². The summed E-state index contributed by atoms with van der Waals surface area (Å²) in [5, 5.41) is 8.45. The Morgan fingerprint density at radius 1 is 1.36 bits per heavy atom. The summed E-state index contributed by atoms with van der Waals surface area (Å²) in [5.41, 5.74) is 3.76. The van der Waals surface area contributed by atoms with Crippen molar-refractivity contribution < 1.29 is 5.21 Å². The Morgan fingerprint density at radius 3 is 2.55 bits per heavy atom. The number of allylic oxidation sites excluding steroid dienone is 1. The van der Waals surface area contributed by atoms with E-state index in [9.17, 15) is 0 Å². The van der Waals surface area contributed by atoms with Gasteiger partial charge in [0.05, 0.1) is 0 Å². The van der Waals surface area contributed by atoms with Crippen LogP contribution in [-0.4, -0.2) is 5.21 Å². The Morgan fingerprint density at radius 2 is 2.00 bits per heavy atom. The lowest BCUT2D eigenvalue weighted by atomic mass is 10.1. The highest BCUT2D eigenvalue weighted by atomic mass is 16.5. The molecule has 2 N–H and O–H groups in total. The summed E-state index contributed by atoms with van der Waals surface area (Å²) in [5.74, 6) is 0. The van der Waals surface area contributed by atoms with Gasteiger partial charge in [0.25, 0.3) is 0 Å². The quantitative estimate of drug-likeness (QED) is 0.641. The molecular formula is C9H11NO. The van der Waals surface area contributed by atoms with E-state index in [2.05, 4.69) is 6.58 Å². The van der Waals surface area contributed by atoms with Crippen LogP contribution in [0.25, 0.3) is 0 Å². The summed E-state index contributed by atoms with van der Waals surface area (Å²) in [6.07, 6.45) is 0.664. The fourth-order valence-electron chi connectivity index (χ4n) is 0.882. The first-order valence-corrected chi connectivity index (χ1v) is 3.44. The third kappa shape index (κ3) is 2.43. The molecule has 0 aliphatic rings. The number of hydroxylamine groups is 1. The van der Waals surface area contributed by atoms with Gasteiger partial charge in [-0.3, -0.25) is 10.7 Å². The smallest absolute Gasteiger partial charge is 0.0348 e. The van der Waals surface area contributed by atoms with Crippen LogP contribution in [0.3, 0.4) is 0 Å². The predicted octanol–water partition coefficient (Wildman–Crippen LogP) is 1.72. The van der Waals surface area contributed by atoms with Gasteiger partial charge in [-0.25, -0.2) is 0 Å². The first-order chi connectivity index (χ1) is 5.33. The molecule has 2 heteroatoms. The van der Waals surface area contributed by atoms with Crippen LogP contribution in [0.1, 0.15) is 5.56 Å². The van der Waals surface area contributed by atoms with Crippen molar-refractivity contribution in [1.82, 2.24) is 5.48 Å². The van der Waals surface area contributed by atoms with E-state index in [1.54, 1.807) is 0 Å². The number of rotatable bonds is 3. The van der Waals surface area contributed by atoms with Crippen LogP contribution in [0.4, 0.5) is 0 Å². The summed E-state index contributed by atoms with van der Waals surface area (Å²) in [4.78, 5) is 0. The predicted molar refractivity (Wildman–Crippen MR) is 44.2 cm³/mol. The van der Waals surface area contributed by atoms with Crippen LogP contribution in [0.2, 0.25) is 0 Å².